The number of rotatable bonds is 2. The van der Waals surface area contributed by atoms with Crippen LogP contribution in [0.5, 0.6) is 0 Å². The molecule has 1 aliphatic carbocycles. The molecule has 0 spiro atoms. The molecule has 1 fully saturated rings. The van der Waals surface area contributed by atoms with E-state index in [9.17, 15) is 0 Å². The van der Waals surface area contributed by atoms with Crippen LogP contribution in [0.3, 0.4) is 0 Å². The van der Waals surface area contributed by atoms with Gasteiger partial charge in [0.2, 0.25) is 0 Å². The third kappa shape index (κ3) is 1.90. The first kappa shape index (κ1) is 10.6. The first-order valence-corrected chi connectivity index (χ1v) is 6.53. The number of nitrogens with one attached hydrogen (secondary N) is 1. The maximum absolute atomic E-state index is 4.50. The van der Waals surface area contributed by atoms with E-state index in [0.29, 0.717) is 5.92 Å². The van der Waals surface area contributed by atoms with Crippen LogP contribution < -0.4 is 5.32 Å². The Hall–Kier alpha value is -1.51. The van der Waals surface area contributed by atoms with E-state index in [0.717, 1.165) is 11.3 Å². The van der Waals surface area contributed by atoms with Crippen molar-refractivity contribution in [2.24, 2.45) is 0 Å². The zero-order chi connectivity index (χ0) is 11.7. The van der Waals surface area contributed by atoms with E-state index in [1.54, 1.807) is 0 Å². The molecule has 90 valence electrons. The van der Waals surface area contributed by atoms with Crippen LogP contribution in [0.2, 0.25) is 0 Å². The molecule has 3 heteroatoms. The van der Waals surface area contributed by atoms with Gasteiger partial charge in [-0.2, -0.15) is 0 Å². The lowest BCUT2D eigenvalue weighted by Crippen LogP contribution is -2.07. The monoisotopic (exact) mass is 229 g/mol. The van der Waals surface area contributed by atoms with Gasteiger partial charge in [-0.25, -0.2) is 4.98 Å². The first-order chi connectivity index (χ1) is 8.38. The lowest BCUT2D eigenvalue weighted by atomic mass is 9.87. The van der Waals surface area contributed by atoms with Gasteiger partial charge >= 0.3 is 0 Å². The zero-order valence-electron chi connectivity index (χ0n) is 10.3. The van der Waals surface area contributed by atoms with E-state index in [1.165, 1.54) is 37.8 Å². The Kier molecular flexibility index (Phi) is 2.75. The minimum absolute atomic E-state index is 0.700. The van der Waals surface area contributed by atoms with Gasteiger partial charge in [0.1, 0.15) is 5.65 Å². The highest BCUT2D eigenvalue weighted by Gasteiger charge is 2.18. The molecule has 0 aromatic carbocycles. The van der Waals surface area contributed by atoms with Gasteiger partial charge in [0.25, 0.3) is 0 Å². The molecule has 1 saturated carbocycles. The van der Waals surface area contributed by atoms with Gasteiger partial charge in [0, 0.05) is 31.1 Å². The van der Waals surface area contributed by atoms with E-state index in [4.69, 9.17) is 0 Å². The lowest BCUT2D eigenvalue weighted by Gasteiger charge is -2.21. The summed E-state index contributed by atoms with van der Waals surface area (Å²) < 4.78 is 2.25. The molecule has 3 nitrogen and oxygen atoms in total. The number of hydrogen-bond acceptors (Lipinski definition) is 2. The molecule has 1 aliphatic rings. The summed E-state index contributed by atoms with van der Waals surface area (Å²) in [6, 6.07) is 4.16. The fourth-order valence-corrected chi connectivity index (χ4v) is 2.85. The van der Waals surface area contributed by atoms with Crippen molar-refractivity contribution in [2.75, 3.05) is 12.4 Å². The van der Waals surface area contributed by atoms with Crippen molar-refractivity contribution in [1.82, 2.24) is 9.38 Å². The summed E-state index contributed by atoms with van der Waals surface area (Å²) in [5.41, 5.74) is 3.59. The quantitative estimate of drug-likeness (QED) is 0.855. The fraction of sp³-hybridized carbons (Fsp3) is 0.500. The van der Waals surface area contributed by atoms with Crippen LogP contribution in [0.4, 0.5) is 5.69 Å². The number of aromatic nitrogens is 2. The largest absolute Gasteiger partial charge is 0.387 e. The molecule has 0 radical (unpaired) electrons. The summed E-state index contributed by atoms with van der Waals surface area (Å²) >= 11 is 0. The Labute approximate surface area is 102 Å². The van der Waals surface area contributed by atoms with E-state index in [2.05, 4.69) is 39.2 Å². The molecule has 1 N–H and O–H groups in total. The summed E-state index contributed by atoms with van der Waals surface area (Å²) in [7, 11) is 1.96. The summed E-state index contributed by atoms with van der Waals surface area (Å²) in [5.74, 6) is 0.700. The summed E-state index contributed by atoms with van der Waals surface area (Å²) in [5, 5.41) is 3.19. The molecule has 2 aromatic heterocycles. The highest BCUT2D eigenvalue weighted by atomic mass is 15.0. The minimum atomic E-state index is 0.700. The number of hydrogen-bond donors (Lipinski definition) is 1. The molecule has 0 unspecified atom stereocenters. The number of imidazole rings is 1. The van der Waals surface area contributed by atoms with Crippen molar-refractivity contribution >= 4 is 11.3 Å². The van der Waals surface area contributed by atoms with Crippen molar-refractivity contribution in [1.29, 1.82) is 0 Å². The maximum atomic E-state index is 4.50. The minimum Gasteiger partial charge on any atom is -0.387 e. The second kappa shape index (κ2) is 4.40. The number of nitrogens with zero attached hydrogens (tertiary/aromatic N) is 2. The molecule has 17 heavy (non-hydrogen) atoms. The number of anilines is 1. The van der Waals surface area contributed by atoms with Crippen molar-refractivity contribution in [3.8, 4) is 0 Å². The molecular formula is C14H19N3. The highest BCUT2D eigenvalue weighted by Crippen LogP contribution is 2.33. The second-order valence-electron chi connectivity index (χ2n) is 4.91. The Bertz CT molecular complexity index is 509. The predicted octanol–water partition coefficient (Wildman–Crippen LogP) is 3.42. The Balaban J connectivity index is 2.02. The summed E-state index contributed by atoms with van der Waals surface area (Å²) in [4.78, 5) is 4.50. The molecule has 3 rings (SSSR count). The lowest BCUT2D eigenvalue weighted by molar-refractivity contribution is 0.435. The normalized spacial score (nSPS) is 17.5. The zero-order valence-corrected chi connectivity index (χ0v) is 10.3. The molecular weight excluding hydrogens is 210 g/mol. The van der Waals surface area contributed by atoms with Crippen LogP contribution in [-0.4, -0.2) is 16.4 Å². The molecule has 0 amide bonds. The van der Waals surface area contributed by atoms with Crippen molar-refractivity contribution in [3.63, 3.8) is 0 Å². The smallest absolute Gasteiger partial charge is 0.137 e. The average molecular weight is 229 g/mol. The Morgan fingerprint density at radius 1 is 1.24 bits per heavy atom. The van der Waals surface area contributed by atoms with Crippen LogP contribution in [0.15, 0.2) is 24.5 Å². The molecule has 0 bridgehead atoms. The highest BCUT2D eigenvalue weighted by molar-refractivity contribution is 5.51. The van der Waals surface area contributed by atoms with Gasteiger partial charge in [-0.05, 0) is 25.0 Å². The van der Waals surface area contributed by atoms with Crippen molar-refractivity contribution in [3.05, 3.63) is 30.2 Å². The molecule has 2 heterocycles. The standard InChI is InChI=1S/C14H19N3/c1-15-12-7-8-14-16-9-13(17(14)10-12)11-5-3-2-4-6-11/h7-11,15H,2-6H2,1H3. The van der Waals surface area contributed by atoms with Crippen molar-refractivity contribution in [2.45, 2.75) is 38.0 Å². The molecule has 0 aliphatic heterocycles. The van der Waals surface area contributed by atoms with Gasteiger partial charge < -0.3 is 9.72 Å². The molecule has 2 aromatic rings. The van der Waals surface area contributed by atoms with Crippen LogP contribution in [0.1, 0.15) is 43.7 Å². The third-order valence-electron chi connectivity index (χ3n) is 3.85. The Morgan fingerprint density at radius 2 is 2.06 bits per heavy atom. The second-order valence-corrected chi connectivity index (χ2v) is 4.91. The van der Waals surface area contributed by atoms with Gasteiger partial charge in [-0.15, -0.1) is 0 Å². The van der Waals surface area contributed by atoms with Crippen LogP contribution in [0, 0.1) is 0 Å². The van der Waals surface area contributed by atoms with Crippen molar-refractivity contribution < 1.29 is 0 Å². The van der Waals surface area contributed by atoms with Crippen LogP contribution in [-0.2, 0) is 0 Å². The van der Waals surface area contributed by atoms with Gasteiger partial charge in [-0.1, -0.05) is 19.3 Å². The SMILES string of the molecule is CNc1ccc2ncc(C3CCCCC3)n2c1. The van der Waals surface area contributed by atoms with E-state index in [1.807, 2.05) is 7.05 Å². The van der Waals surface area contributed by atoms with Gasteiger partial charge in [-0.3, -0.25) is 0 Å². The molecule has 0 atom stereocenters. The molecule has 0 saturated heterocycles. The fourth-order valence-electron chi connectivity index (χ4n) is 2.85. The third-order valence-corrected chi connectivity index (χ3v) is 3.85. The van der Waals surface area contributed by atoms with E-state index in [-0.39, 0.29) is 0 Å². The number of pyridine rings is 1. The topological polar surface area (TPSA) is 29.3 Å². The van der Waals surface area contributed by atoms with Crippen LogP contribution in [0.25, 0.3) is 5.65 Å². The first-order valence-electron chi connectivity index (χ1n) is 6.53. The Morgan fingerprint density at radius 3 is 2.82 bits per heavy atom. The summed E-state index contributed by atoms with van der Waals surface area (Å²) in [6.07, 6.45) is 11.0. The van der Waals surface area contributed by atoms with Crippen LogP contribution >= 0.6 is 0 Å². The average Bonchev–Trinajstić information content (AvgIpc) is 2.82. The maximum Gasteiger partial charge on any atom is 0.137 e. The van der Waals surface area contributed by atoms with E-state index < -0.39 is 0 Å². The predicted molar refractivity (Wildman–Crippen MR) is 70.6 cm³/mol. The van der Waals surface area contributed by atoms with E-state index >= 15 is 0 Å². The number of fused-ring (bicyclic) bond motifs is 1. The summed E-state index contributed by atoms with van der Waals surface area (Å²) in [6.45, 7) is 0. The van der Waals surface area contributed by atoms with Gasteiger partial charge in [0.05, 0.1) is 5.69 Å². The van der Waals surface area contributed by atoms with Gasteiger partial charge in [0.15, 0.2) is 0 Å².